The Kier molecular flexibility index (Phi) is 5.10. The van der Waals surface area contributed by atoms with E-state index < -0.39 is 0 Å². The lowest BCUT2D eigenvalue weighted by atomic mass is 9.99. The molecule has 1 aliphatic heterocycles. The zero-order valence-electron chi connectivity index (χ0n) is 13.0. The maximum atomic E-state index is 5.68. The number of ether oxygens (including phenoxy) is 2. The second-order valence-corrected chi connectivity index (χ2v) is 6.20. The second-order valence-electron chi connectivity index (χ2n) is 5.35. The lowest BCUT2D eigenvalue weighted by Crippen LogP contribution is -2.02. The van der Waals surface area contributed by atoms with Gasteiger partial charge in [0.05, 0.1) is 18.9 Å². The highest BCUT2D eigenvalue weighted by Crippen LogP contribution is 2.38. The first kappa shape index (κ1) is 16.2. The van der Waals surface area contributed by atoms with Crippen molar-refractivity contribution in [2.75, 3.05) is 13.2 Å². The Bertz CT molecular complexity index is 720. The molecule has 1 aliphatic rings. The van der Waals surface area contributed by atoms with E-state index in [0.29, 0.717) is 19.0 Å². The van der Waals surface area contributed by atoms with E-state index in [9.17, 15) is 0 Å². The van der Waals surface area contributed by atoms with Crippen LogP contribution in [0.15, 0.2) is 46.0 Å². The van der Waals surface area contributed by atoms with E-state index in [4.69, 9.17) is 14.3 Å². The SMILES string of the molecule is CC(C)=NOc1[c]ccc(-c2cccc(Br)c2C2OCCO2)c1. The summed E-state index contributed by atoms with van der Waals surface area (Å²) in [5.41, 5.74) is 3.86. The van der Waals surface area contributed by atoms with E-state index in [0.717, 1.165) is 26.9 Å². The third kappa shape index (κ3) is 3.80. The fourth-order valence-corrected chi connectivity index (χ4v) is 2.91. The molecule has 0 N–H and O–H groups in total. The van der Waals surface area contributed by atoms with Crippen molar-refractivity contribution in [1.82, 2.24) is 0 Å². The Morgan fingerprint density at radius 1 is 1.26 bits per heavy atom. The molecule has 23 heavy (non-hydrogen) atoms. The summed E-state index contributed by atoms with van der Waals surface area (Å²) in [6.07, 6.45) is -0.356. The van der Waals surface area contributed by atoms with Crippen LogP contribution in [0.4, 0.5) is 0 Å². The van der Waals surface area contributed by atoms with E-state index in [1.54, 1.807) is 0 Å². The first-order chi connectivity index (χ1) is 11.1. The third-order valence-electron chi connectivity index (χ3n) is 3.32. The van der Waals surface area contributed by atoms with Gasteiger partial charge in [0.1, 0.15) is 0 Å². The van der Waals surface area contributed by atoms with Crippen LogP contribution in [0.2, 0.25) is 0 Å². The molecule has 2 aromatic rings. The van der Waals surface area contributed by atoms with Crippen LogP contribution < -0.4 is 4.84 Å². The van der Waals surface area contributed by atoms with Crippen LogP contribution in [0.5, 0.6) is 5.75 Å². The standard InChI is InChI=1S/C18H17BrNO3/c1-12(2)20-23-14-6-3-5-13(11-14)15-7-4-8-16(19)17(15)18-21-9-10-22-18/h3-5,7-8,11,18H,9-10H2,1-2H3. The average Bonchev–Trinajstić information content (AvgIpc) is 3.07. The van der Waals surface area contributed by atoms with Crippen molar-refractivity contribution in [2.45, 2.75) is 20.1 Å². The summed E-state index contributed by atoms with van der Waals surface area (Å²) in [6, 6.07) is 14.8. The third-order valence-corrected chi connectivity index (χ3v) is 4.01. The molecule has 5 heteroatoms. The van der Waals surface area contributed by atoms with Crippen LogP contribution in [0.25, 0.3) is 11.1 Å². The molecule has 1 fully saturated rings. The monoisotopic (exact) mass is 374 g/mol. The molecule has 0 bridgehead atoms. The van der Waals surface area contributed by atoms with Crippen molar-refractivity contribution in [2.24, 2.45) is 5.16 Å². The fraction of sp³-hybridized carbons (Fsp3) is 0.278. The Morgan fingerprint density at radius 3 is 2.78 bits per heavy atom. The molecule has 0 spiro atoms. The number of rotatable bonds is 4. The van der Waals surface area contributed by atoms with Crippen LogP contribution in [0.3, 0.4) is 0 Å². The summed E-state index contributed by atoms with van der Waals surface area (Å²) >= 11 is 3.60. The van der Waals surface area contributed by atoms with Gasteiger partial charge >= 0.3 is 0 Å². The average molecular weight is 375 g/mol. The molecular formula is C18H17BrNO3. The van der Waals surface area contributed by atoms with E-state index >= 15 is 0 Å². The summed E-state index contributed by atoms with van der Waals surface area (Å²) in [7, 11) is 0. The molecule has 0 atom stereocenters. The Balaban J connectivity index is 2.00. The van der Waals surface area contributed by atoms with Gasteiger partial charge in [-0.2, -0.15) is 0 Å². The highest BCUT2D eigenvalue weighted by Gasteiger charge is 2.24. The van der Waals surface area contributed by atoms with Crippen molar-refractivity contribution in [1.29, 1.82) is 0 Å². The summed E-state index contributed by atoms with van der Waals surface area (Å²) in [5.74, 6) is 0.572. The zero-order valence-corrected chi connectivity index (χ0v) is 14.6. The summed E-state index contributed by atoms with van der Waals surface area (Å²) in [5, 5.41) is 3.97. The molecule has 0 amide bonds. The highest BCUT2D eigenvalue weighted by molar-refractivity contribution is 9.10. The predicted molar refractivity (Wildman–Crippen MR) is 92.5 cm³/mol. The largest absolute Gasteiger partial charge is 0.356 e. The van der Waals surface area contributed by atoms with Crippen molar-refractivity contribution in [3.8, 4) is 16.9 Å². The molecular weight excluding hydrogens is 358 g/mol. The molecule has 0 saturated carbocycles. The van der Waals surface area contributed by atoms with E-state index in [1.165, 1.54) is 0 Å². The minimum atomic E-state index is -0.356. The second kappa shape index (κ2) is 7.25. The topological polar surface area (TPSA) is 40.0 Å². The first-order valence-corrected chi connectivity index (χ1v) is 8.16. The Hall–Kier alpha value is -1.69. The minimum Gasteiger partial charge on any atom is -0.356 e. The highest BCUT2D eigenvalue weighted by atomic mass is 79.9. The van der Waals surface area contributed by atoms with Crippen molar-refractivity contribution in [3.63, 3.8) is 0 Å². The molecule has 0 aliphatic carbocycles. The molecule has 1 saturated heterocycles. The van der Waals surface area contributed by atoms with Crippen LogP contribution in [-0.2, 0) is 9.47 Å². The number of halogens is 1. The van der Waals surface area contributed by atoms with Crippen LogP contribution >= 0.6 is 15.9 Å². The van der Waals surface area contributed by atoms with Gasteiger partial charge in [-0.05, 0) is 43.2 Å². The van der Waals surface area contributed by atoms with Gasteiger partial charge in [-0.25, -0.2) is 0 Å². The maximum absolute atomic E-state index is 5.68. The van der Waals surface area contributed by atoms with Gasteiger partial charge in [0.2, 0.25) is 0 Å². The first-order valence-electron chi connectivity index (χ1n) is 7.37. The molecule has 1 radical (unpaired) electrons. The van der Waals surface area contributed by atoms with Crippen LogP contribution in [-0.4, -0.2) is 18.9 Å². The normalized spacial score (nSPS) is 14.7. The number of oxime groups is 1. The van der Waals surface area contributed by atoms with E-state index in [2.05, 4.69) is 27.2 Å². The molecule has 1 heterocycles. The molecule has 3 rings (SSSR count). The maximum Gasteiger partial charge on any atom is 0.185 e. The summed E-state index contributed by atoms with van der Waals surface area (Å²) in [4.78, 5) is 5.38. The quantitative estimate of drug-likeness (QED) is 0.573. The van der Waals surface area contributed by atoms with Gasteiger partial charge in [0, 0.05) is 16.1 Å². The van der Waals surface area contributed by atoms with Crippen molar-refractivity contribution >= 4 is 21.6 Å². The van der Waals surface area contributed by atoms with Crippen molar-refractivity contribution in [3.05, 3.63) is 52.5 Å². The minimum absolute atomic E-state index is 0.356. The molecule has 2 aromatic carbocycles. The van der Waals surface area contributed by atoms with Crippen LogP contribution in [0.1, 0.15) is 25.7 Å². The predicted octanol–water partition coefficient (Wildman–Crippen LogP) is 4.74. The molecule has 4 nitrogen and oxygen atoms in total. The molecule has 0 aromatic heterocycles. The Morgan fingerprint density at radius 2 is 2.04 bits per heavy atom. The fourth-order valence-electron chi connectivity index (χ4n) is 2.36. The number of hydrogen-bond acceptors (Lipinski definition) is 4. The zero-order chi connectivity index (χ0) is 16.2. The summed E-state index contributed by atoms with van der Waals surface area (Å²) in [6.45, 7) is 4.97. The number of nitrogens with zero attached hydrogens (tertiary/aromatic N) is 1. The number of hydrogen-bond donors (Lipinski definition) is 0. The molecule has 119 valence electrons. The number of benzene rings is 2. The molecule has 0 unspecified atom stereocenters. The van der Waals surface area contributed by atoms with Gasteiger partial charge in [-0.15, -0.1) is 0 Å². The lowest BCUT2D eigenvalue weighted by Gasteiger charge is -2.17. The van der Waals surface area contributed by atoms with Gasteiger partial charge in [-0.1, -0.05) is 39.3 Å². The van der Waals surface area contributed by atoms with E-state index in [-0.39, 0.29) is 6.29 Å². The Labute approximate surface area is 144 Å². The lowest BCUT2D eigenvalue weighted by molar-refractivity contribution is -0.0442. The van der Waals surface area contributed by atoms with Crippen molar-refractivity contribution < 1.29 is 14.3 Å². The van der Waals surface area contributed by atoms with Gasteiger partial charge in [-0.3, -0.25) is 0 Å². The van der Waals surface area contributed by atoms with Gasteiger partial charge < -0.3 is 14.3 Å². The smallest absolute Gasteiger partial charge is 0.185 e. The summed E-state index contributed by atoms with van der Waals surface area (Å²) < 4.78 is 12.3. The van der Waals surface area contributed by atoms with Crippen LogP contribution in [0, 0.1) is 6.07 Å². The van der Waals surface area contributed by atoms with Gasteiger partial charge in [0.15, 0.2) is 12.0 Å². The van der Waals surface area contributed by atoms with E-state index in [1.807, 2.05) is 50.2 Å². The van der Waals surface area contributed by atoms with Gasteiger partial charge in [0.25, 0.3) is 0 Å².